The summed E-state index contributed by atoms with van der Waals surface area (Å²) < 4.78 is 0. The summed E-state index contributed by atoms with van der Waals surface area (Å²) in [5.74, 6) is -0.593. The van der Waals surface area contributed by atoms with Gasteiger partial charge in [0.15, 0.2) is 0 Å². The Morgan fingerprint density at radius 2 is 2.12 bits per heavy atom. The normalized spacial score (nSPS) is 11.8. The monoisotopic (exact) mass is 255 g/mol. The third-order valence-corrected chi connectivity index (χ3v) is 2.46. The molecule has 1 unspecified atom stereocenters. The average molecular weight is 256 g/mol. The van der Waals surface area contributed by atoms with E-state index in [1.54, 1.807) is 33.2 Å². The molecule has 1 aromatic rings. The van der Waals surface area contributed by atoms with E-state index in [1.807, 2.05) is 0 Å². The predicted molar refractivity (Wildman–Crippen MR) is 64.9 cm³/mol. The molecule has 0 aromatic carbocycles. The van der Waals surface area contributed by atoms with Gasteiger partial charge in [0.2, 0.25) is 5.91 Å². The van der Waals surface area contributed by atoms with Gasteiger partial charge in [0.1, 0.15) is 11.2 Å². The highest BCUT2D eigenvalue weighted by atomic mass is 35.5. The van der Waals surface area contributed by atoms with Gasteiger partial charge >= 0.3 is 0 Å². The van der Waals surface area contributed by atoms with Gasteiger partial charge in [0, 0.05) is 20.3 Å². The van der Waals surface area contributed by atoms with Crippen LogP contribution in [-0.4, -0.2) is 41.8 Å². The SMILES string of the molecule is CC(NC(=O)c1cccnc1Cl)C(=O)N(C)C. The Balaban J connectivity index is 2.74. The van der Waals surface area contributed by atoms with E-state index in [-0.39, 0.29) is 16.6 Å². The molecule has 1 aromatic heterocycles. The fraction of sp³-hybridized carbons (Fsp3) is 0.364. The molecule has 1 heterocycles. The molecule has 0 bridgehead atoms. The molecule has 17 heavy (non-hydrogen) atoms. The van der Waals surface area contributed by atoms with Crippen LogP contribution in [0.5, 0.6) is 0 Å². The van der Waals surface area contributed by atoms with Gasteiger partial charge in [0.25, 0.3) is 5.91 Å². The highest BCUT2D eigenvalue weighted by molar-refractivity contribution is 6.32. The van der Waals surface area contributed by atoms with Gasteiger partial charge in [-0.25, -0.2) is 4.98 Å². The summed E-state index contributed by atoms with van der Waals surface area (Å²) in [7, 11) is 3.25. The zero-order valence-electron chi connectivity index (χ0n) is 9.90. The van der Waals surface area contributed by atoms with E-state index in [2.05, 4.69) is 10.3 Å². The smallest absolute Gasteiger partial charge is 0.255 e. The molecule has 1 atom stereocenters. The molecular formula is C11H14ClN3O2. The number of rotatable bonds is 3. The maximum atomic E-state index is 11.8. The van der Waals surface area contributed by atoms with Crippen LogP contribution >= 0.6 is 11.6 Å². The fourth-order valence-corrected chi connectivity index (χ4v) is 1.48. The highest BCUT2D eigenvalue weighted by Gasteiger charge is 2.19. The number of aromatic nitrogens is 1. The zero-order valence-corrected chi connectivity index (χ0v) is 10.7. The van der Waals surface area contributed by atoms with Crippen molar-refractivity contribution in [3.05, 3.63) is 29.0 Å². The molecule has 5 nitrogen and oxygen atoms in total. The Morgan fingerprint density at radius 1 is 1.47 bits per heavy atom. The van der Waals surface area contributed by atoms with Crippen LogP contribution in [0.2, 0.25) is 5.15 Å². The lowest BCUT2D eigenvalue weighted by molar-refractivity contribution is -0.130. The first-order valence-corrected chi connectivity index (χ1v) is 5.44. The number of hydrogen-bond acceptors (Lipinski definition) is 3. The third-order valence-electron chi connectivity index (χ3n) is 2.16. The molecule has 0 aliphatic heterocycles. The maximum absolute atomic E-state index is 11.8. The van der Waals surface area contributed by atoms with Crippen LogP contribution in [-0.2, 0) is 4.79 Å². The quantitative estimate of drug-likeness (QED) is 0.818. The van der Waals surface area contributed by atoms with Crippen molar-refractivity contribution in [3.63, 3.8) is 0 Å². The second-order valence-electron chi connectivity index (χ2n) is 3.77. The van der Waals surface area contributed by atoms with Crippen molar-refractivity contribution < 1.29 is 9.59 Å². The molecule has 0 aliphatic rings. The molecule has 6 heteroatoms. The van der Waals surface area contributed by atoms with E-state index < -0.39 is 11.9 Å². The zero-order chi connectivity index (χ0) is 13.0. The first kappa shape index (κ1) is 13.4. The Bertz CT molecular complexity index is 434. The molecule has 2 amide bonds. The van der Waals surface area contributed by atoms with Crippen LogP contribution < -0.4 is 5.32 Å². The molecule has 0 saturated carbocycles. The van der Waals surface area contributed by atoms with E-state index in [9.17, 15) is 9.59 Å². The van der Waals surface area contributed by atoms with E-state index in [1.165, 1.54) is 11.1 Å². The summed E-state index contributed by atoms with van der Waals surface area (Å²) in [4.78, 5) is 28.6. The minimum absolute atomic E-state index is 0.120. The van der Waals surface area contributed by atoms with Gasteiger partial charge in [-0.1, -0.05) is 11.6 Å². The van der Waals surface area contributed by atoms with Gasteiger partial charge in [-0.05, 0) is 19.1 Å². The number of nitrogens with one attached hydrogen (secondary N) is 1. The molecule has 0 aliphatic carbocycles. The number of pyridine rings is 1. The van der Waals surface area contributed by atoms with Crippen molar-refractivity contribution >= 4 is 23.4 Å². The van der Waals surface area contributed by atoms with E-state index >= 15 is 0 Å². The highest BCUT2D eigenvalue weighted by Crippen LogP contribution is 2.11. The molecule has 1 N–H and O–H groups in total. The van der Waals surface area contributed by atoms with Crippen LogP contribution in [0.4, 0.5) is 0 Å². The number of halogens is 1. The largest absolute Gasteiger partial charge is 0.347 e. The number of carbonyl (C=O) groups excluding carboxylic acids is 2. The van der Waals surface area contributed by atoms with Gasteiger partial charge in [-0.3, -0.25) is 9.59 Å². The van der Waals surface area contributed by atoms with Crippen LogP contribution in [0.3, 0.4) is 0 Å². The van der Waals surface area contributed by atoms with Crippen LogP contribution in [0.1, 0.15) is 17.3 Å². The Hall–Kier alpha value is -1.62. The lowest BCUT2D eigenvalue weighted by Crippen LogP contribution is -2.44. The van der Waals surface area contributed by atoms with Crippen molar-refractivity contribution in [3.8, 4) is 0 Å². The average Bonchev–Trinajstić information content (AvgIpc) is 2.28. The van der Waals surface area contributed by atoms with Crippen molar-refractivity contribution in [2.45, 2.75) is 13.0 Å². The summed E-state index contributed by atoms with van der Waals surface area (Å²) in [6, 6.07) is 2.56. The molecule has 0 spiro atoms. The van der Waals surface area contributed by atoms with E-state index in [0.29, 0.717) is 0 Å². The number of carbonyl (C=O) groups is 2. The van der Waals surface area contributed by atoms with Crippen molar-refractivity contribution in [1.82, 2.24) is 15.2 Å². The van der Waals surface area contributed by atoms with Crippen LogP contribution in [0.15, 0.2) is 18.3 Å². The molecular weight excluding hydrogens is 242 g/mol. The molecule has 0 fully saturated rings. The lowest BCUT2D eigenvalue weighted by atomic mass is 10.2. The minimum atomic E-state index is -0.603. The van der Waals surface area contributed by atoms with Gasteiger partial charge in [0.05, 0.1) is 5.56 Å². The fourth-order valence-electron chi connectivity index (χ4n) is 1.28. The number of likely N-dealkylation sites (N-methyl/N-ethyl adjacent to an activating group) is 1. The summed E-state index contributed by atoms with van der Waals surface area (Å²) in [5.41, 5.74) is 0.257. The van der Waals surface area contributed by atoms with Crippen molar-refractivity contribution in [2.24, 2.45) is 0 Å². The lowest BCUT2D eigenvalue weighted by Gasteiger charge is -2.18. The Labute approximate surface area is 105 Å². The predicted octanol–water partition coefficient (Wildman–Crippen LogP) is 0.942. The molecule has 0 saturated heterocycles. The summed E-state index contributed by atoms with van der Waals surface area (Å²) in [6.45, 7) is 1.62. The molecule has 92 valence electrons. The summed E-state index contributed by atoms with van der Waals surface area (Å²) >= 11 is 5.78. The van der Waals surface area contributed by atoms with Crippen LogP contribution in [0, 0.1) is 0 Å². The summed E-state index contributed by atoms with van der Waals surface area (Å²) in [5, 5.41) is 2.68. The minimum Gasteiger partial charge on any atom is -0.347 e. The van der Waals surface area contributed by atoms with Crippen molar-refractivity contribution in [2.75, 3.05) is 14.1 Å². The number of amides is 2. The van der Waals surface area contributed by atoms with Gasteiger partial charge < -0.3 is 10.2 Å². The van der Waals surface area contributed by atoms with Gasteiger partial charge in [-0.15, -0.1) is 0 Å². The molecule has 1 rings (SSSR count). The summed E-state index contributed by atoms with van der Waals surface area (Å²) in [6.07, 6.45) is 1.49. The van der Waals surface area contributed by atoms with Crippen molar-refractivity contribution in [1.29, 1.82) is 0 Å². The second kappa shape index (κ2) is 5.63. The van der Waals surface area contributed by atoms with Crippen LogP contribution in [0.25, 0.3) is 0 Å². The topological polar surface area (TPSA) is 62.3 Å². The maximum Gasteiger partial charge on any atom is 0.255 e. The molecule has 0 radical (unpaired) electrons. The van der Waals surface area contributed by atoms with E-state index in [4.69, 9.17) is 11.6 Å². The first-order chi connectivity index (χ1) is 7.93. The number of hydrogen-bond donors (Lipinski definition) is 1. The second-order valence-corrected chi connectivity index (χ2v) is 4.13. The third kappa shape index (κ3) is 3.42. The van der Waals surface area contributed by atoms with E-state index in [0.717, 1.165) is 0 Å². The standard InChI is InChI=1S/C11H14ClN3O2/c1-7(11(17)15(2)3)14-10(16)8-5-4-6-13-9(8)12/h4-7H,1-3H3,(H,14,16). The number of nitrogens with zero attached hydrogens (tertiary/aromatic N) is 2. The Morgan fingerprint density at radius 3 is 2.65 bits per heavy atom. The van der Waals surface area contributed by atoms with Gasteiger partial charge in [-0.2, -0.15) is 0 Å². The first-order valence-electron chi connectivity index (χ1n) is 5.06. The Kier molecular flexibility index (Phi) is 4.45.